The third-order valence-corrected chi connectivity index (χ3v) is 3.44. The number of alkyl halides is 3. The summed E-state index contributed by atoms with van der Waals surface area (Å²) < 4.78 is 43.6. The molecule has 0 atom stereocenters. The summed E-state index contributed by atoms with van der Waals surface area (Å²) in [6.45, 7) is 0. The molecule has 1 heterocycles. The highest BCUT2D eigenvalue weighted by molar-refractivity contribution is 5.91. The molecule has 2 aromatic carbocycles. The van der Waals surface area contributed by atoms with Gasteiger partial charge in [-0.1, -0.05) is 12.1 Å². The lowest BCUT2D eigenvalue weighted by Gasteiger charge is -2.12. The predicted molar refractivity (Wildman–Crippen MR) is 90.3 cm³/mol. The van der Waals surface area contributed by atoms with E-state index in [0.29, 0.717) is 16.8 Å². The van der Waals surface area contributed by atoms with E-state index in [9.17, 15) is 18.0 Å². The number of para-hydroxylation sites is 1. The number of nitrogens with one attached hydrogen (secondary N) is 2. The molecule has 2 N–H and O–H groups in total. The Hall–Kier alpha value is -3.36. The van der Waals surface area contributed by atoms with Crippen LogP contribution < -0.4 is 10.6 Å². The summed E-state index contributed by atoms with van der Waals surface area (Å²) in [6.07, 6.45) is -5.28. The van der Waals surface area contributed by atoms with Crippen LogP contribution in [-0.4, -0.2) is 23.2 Å². The van der Waals surface area contributed by atoms with Crippen molar-refractivity contribution in [3.8, 4) is 0 Å². The number of amides is 1. The smallest absolute Gasteiger partial charge is 0.451 e. The van der Waals surface area contributed by atoms with Crippen LogP contribution >= 0.6 is 0 Å². The Morgan fingerprint density at radius 3 is 2.31 bits per heavy atom. The van der Waals surface area contributed by atoms with E-state index in [1.807, 2.05) is 0 Å². The molecule has 0 spiro atoms. The summed E-state index contributed by atoms with van der Waals surface area (Å²) >= 11 is 0. The van der Waals surface area contributed by atoms with Crippen molar-refractivity contribution in [2.75, 3.05) is 17.7 Å². The first-order chi connectivity index (χ1) is 12.4. The van der Waals surface area contributed by atoms with Gasteiger partial charge in [-0.15, -0.1) is 0 Å². The molecule has 0 bridgehead atoms. The van der Waals surface area contributed by atoms with E-state index in [-0.39, 0.29) is 11.3 Å². The second kappa shape index (κ2) is 6.87. The van der Waals surface area contributed by atoms with Gasteiger partial charge in [-0.2, -0.15) is 13.2 Å². The lowest BCUT2D eigenvalue weighted by Crippen LogP contribution is -2.13. The molecule has 0 aliphatic carbocycles. The van der Waals surface area contributed by atoms with Gasteiger partial charge in [0.25, 0.3) is 0 Å². The number of rotatable bonds is 3. The Morgan fingerprint density at radius 2 is 1.65 bits per heavy atom. The highest BCUT2D eigenvalue weighted by Gasteiger charge is 2.35. The summed E-state index contributed by atoms with van der Waals surface area (Å²) in [6, 6.07) is 12.7. The van der Waals surface area contributed by atoms with Crippen molar-refractivity contribution in [3.63, 3.8) is 0 Å². The maximum atomic E-state index is 13.0. The molecule has 0 saturated heterocycles. The first kappa shape index (κ1) is 17.5. The first-order valence-corrected chi connectivity index (χ1v) is 7.43. The van der Waals surface area contributed by atoms with Crippen LogP contribution in [0.2, 0.25) is 0 Å². The van der Waals surface area contributed by atoms with Gasteiger partial charge in [0.2, 0.25) is 5.82 Å². The van der Waals surface area contributed by atoms with Crippen LogP contribution in [0.5, 0.6) is 0 Å². The van der Waals surface area contributed by atoms with Crippen molar-refractivity contribution in [1.29, 1.82) is 0 Å². The van der Waals surface area contributed by atoms with E-state index < -0.39 is 18.1 Å². The van der Waals surface area contributed by atoms with Crippen LogP contribution in [-0.2, 0) is 10.9 Å². The number of hydrogen-bond acceptors (Lipinski definition) is 5. The number of anilines is 3. The quantitative estimate of drug-likeness (QED) is 0.714. The molecule has 0 saturated carbocycles. The summed E-state index contributed by atoms with van der Waals surface area (Å²) in [5.74, 6) is -1.18. The molecule has 0 fully saturated rings. The van der Waals surface area contributed by atoms with Gasteiger partial charge in [0.1, 0.15) is 5.82 Å². The van der Waals surface area contributed by atoms with Crippen molar-refractivity contribution in [3.05, 3.63) is 54.4 Å². The first-order valence-electron chi connectivity index (χ1n) is 7.43. The summed E-state index contributed by atoms with van der Waals surface area (Å²) in [4.78, 5) is 18.3. The second-order valence-corrected chi connectivity index (χ2v) is 5.23. The van der Waals surface area contributed by atoms with Crippen LogP contribution in [0.25, 0.3) is 10.9 Å². The minimum absolute atomic E-state index is 0.0385. The third-order valence-electron chi connectivity index (χ3n) is 3.44. The SMILES string of the molecule is COC(=O)Nc1ccc(Nc2nc(C(F)(F)F)nc3ccccc23)cc1. The van der Waals surface area contributed by atoms with Gasteiger partial charge in [0, 0.05) is 16.8 Å². The number of hydrogen-bond donors (Lipinski definition) is 2. The van der Waals surface area contributed by atoms with Crippen LogP contribution in [0.1, 0.15) is 5.82 Å². The molecule has 26 heavy (non-hydrogen) atoms. The lowest BCUT2D eigenvalue weighted by molar-refractivity contribution is -0.144. The number of halogens is 3. The largest absolute Gasteiger partial charge is 0.453 e. The number of nitrogens with zero attached hydrogens (tertiary/aromatic N) is 2. The van der Waals surface area contributed by atoms with E-state index in [1.54, 1.807) is 42.5 Å². The van der Waals surface area contributed by atoms with E-state index in [4.69, 9.17) is 0 Å². The Morgan fingerprint density at radius 1 is 1.00 bits per heavy atom. The van der Waals surface area contributed by atoms with Gasteiger partial charge in [0.05, 0.1) is 12.6 Å². The molecular weight excluding hydrogens is 349 g/mol. The van der Waals surface area contributed by atoms with Gasteiger partial charge < -0.3 is 10.1 Å². The van der Waals surface area contributed by atoms with Crippen molar-refractivity contribution in [2.45, 2.75) is 6.18 Å². The van der Waals surface area contributed by atoms with Crippen molar-refractivity contribution in [2.24, 2.45) is 0 Å². The maximum absolute atomic E-state index is 13.0. The van der Waals surface area contributed by atoms with Crippen LogP contribution in [0, 0.1) is 0 Å². The molecule has 134 valence electrons. The fourth-order valence-corrected chi connectivity index (χ4v) is 2.24. The van der Waals surface area contributed by atoms with Gasteiger partial charge in [-0.25, -0.2) is 14.8 Å². The highest BCUT2D eigenvalue weighted by atomic mass is 19.4. The normalized spacial score (nSPS) is 11.2. The Bertz CT molecular complexity index is 943. The topological polar surface area (TPSA) is 76.1 Å². The molecule has 0 aliphatic heterocycles. The van der Waals surface area contributed by atoms with E-state index in [0.717, 1.165) is 0 Å². The lowest BCUT2D eigenvalue weighted by atomic mass is 10.2. The van der Waals surface area contributed by atoms with Crippen LogP contribution in [0.15, 0.2) is 48.5 Å². The molecule has 0 aliphatic rings. The molecule has 0 unspecified atom stereocenters. The summed E-state index contributed by atoms with van der Waals surface area (Å²) in [7, 11) is 1.24. The third kappa shape index (κ3) is 3.82. The van der Waals surface area contributed by atoms with Crippen molar-refractivity contribution < 1.29 is 22.7 Å². The average Bonchev–Trinajstić information content (AvgIpc) is 2.62. The van der Waals surface area contributed by atoms with Crippen LogP contribution in [0.4, 0.5) is 35.2 Å². The van der Waals surface area contributed by atoms with Crippen molar-refractivity contribution >= 4 is 34.2 Å². The minimum Gasteiger partial charge on any atom is -0.453 e. The van der Waals surface area contributed by atoms with Gasteiger partial charge in [-0.3, -0.25) is 5.32 Å². The number of carbonyl (C=O) groups excluding carboxylic acids is 1. The number of carbonyl (C=O) groups is 1. The fourth-order valence-electron chi connectivity index (χ4n) is 2.24. The average molecular weight is 362 g/mol. The van der Waals surface area contributed by atoms with Crippen LogP contribution in [0.3, 0.4) is 0 Å². The molecular formula is C17H13F3N4O2. The maximum Gasteiger partial charge on any atom is 0.451 e. The zero-order valence-corrected chi connectivity index (χ0v) is 13.5. The van der Waals surface area contributed by atoms with E-state index in [2.05, 4.69) is 25.3 Å². The van der Waals surface area contributed by atoms with Gasteiger partial charge >= 0.3 is 12.3 Å². The monoisotopic (exact) mass is 362 g/mol. The van der Waals surface area contributed by atoms with Gasteiger partial charge in [-0.05, 0) is 36.4 Å². The number of benzene rings is 2. The van der Waals surface area contributed by atoms with E-state index in [1.165, 1.54) is 13.2 Å². The standard InChI is InChI=1S/C17H13F3N4O2/c1-26-16(25)22-11-8-6-10(7-9-11)21-14-12-4-2-3-5-13(12)23-15(24-14)17(18,19)20/h2-9H,1H3,(H,22,25)(H,21,23,24). The summed E-state index contributed by atoms with van der Waals surface area (Å²) in [5, 5.41) is 5.79. The Labute approximate surface area is 146 Å². The Balaban J connectivity index is 1.94. The predicted octanol–water partition coefficient (Wildman–Crippen LogP) is 4.57. The number of aromatic nitrogens is 2. The molecule has 1 aromatic heterocycles. The fraction of sp³-hybridized carbons (Fsp3) is 0.118. The summed E-state index contributed by atoms with van der Waals surface area (Å²) in [5.41, 5.74) is 1.16. The molecule has 3 aromatic rings. The Kier molecular flexibility index (Phi) is 4.61. The molecule has 9 heteroatoms. The molecule has 3 rings (SSSR count). The van der Waals surface area contributed by atoms with Gasteiger partial charge in [0.15, 0.2) is 0 Å². The highest BCUT2D eigenvalue weighted by Crippen LogP contribution is 2.31. The number of fused-ring (bicyclic) bond motifs is 1. The zero-order chi connectivity index (χ0) is 18.7. The molecule has 1 amide bonds. The zero-order valence-electron chi connectivity index (χ0n) is 13.5. The molecule has 6 nitrogen and oxygen atoms in total. The minimum atomic E-state index is -4.66. The van der Waals surface area contributed by atoms with E-state index >= 15 is 0 Å². The molecule has 0 radical (unpaired) electrons. The van der Waals surface area contributed by atoms with Crippen molar-refractivity contribution in [1.82, 2.24) is 9.97 Å². The second-order valence-electron chi connectivity index (χ2n) is 5.23. The number of ether oxygens (including phenoxy) is 1. The number of methoxy groups -OCH3 is 1.